The number of methoxy groups -OCH3 is 1. The van der Waals surface area contributed by atoms with E-state index in [2.05, 4.69) is 5.16 Å². The van der Waals surface area contributed by atoms with Crippen LogP contribution in [0.25, 0.3) is 0 Å². The minimum atomic E-state index is -0.300. The fraction of sp³-hybridized carbons (Fsp3) is 0.286. The molecular weight excluding hydrogens is 431 g/mol. The van der Waals surface area contributed by atoms with Crippen LogP contribution in [0, 0.1) is 5.82 Å². The zero-order chi connectivity index (χ0) is 23.9. The molecular formula is C28H29FN2O3. The van der Waals surface area contributed by atoms with E-state index in [9.17, 15) is 9.18 Å². The molecule has 0 unspecified atom stereocenters. The molecule has 1 aliphatic rings. The second kappa shape index (κ2) is 11.0. The first-order valence-electron chi connectivity index (χ1n) is 11.5. The Morgan fingerprint density at radius 3 is 2.50 bits per heavy atom. The lowest BCUT2D eigenvalue weighted by atomic mass is 9.94. The number of oxime groups is 1. The van der Waals surface area contributed by atoms with Crippen LogP contribution in [0.3, 0.4) is 0 Å². The van der Waals surface area contributed by atoms with Crippen molar-refractivity contribution in [3.05, 3.63) is 101 Å². The number of halogens is 1. The fourth-order valence-electron chi connectivity index (χ4n) is 4.32. The second-order valence-electron chi connectivity index (χ2n) is 8.39. The standard InChI is InChI=1S/C28H29FN2O3/c1-3-24(21-9-5-4-6-10-21)28(32)31(18-20-13-15-22(29)16-14-20)19-23-17-26(30-34-23)25-11-7-8-12-27(25)33-2/h4-16,23-24H,3,17-19H2,1-2H3/t23-,24-/m1/s1. The lowest BCUT2D eigenvalue weighted by Crippen LogP contribution is -2.40. The van der Waals surface area contributed by atoms with Crippen molar-refractivity contribution in [3.8, 4) is 5.75 Å². The van der Waals surface area contributed by atoms with Crippen LogP contribution in [-0.4, -0.2) is 36.3 Å². The molecule has 0 saturated heterocycles. The lowest BCUT2D eigenvalue weighted by molar-refractivity contribution is -0.135. The third-order valence-corrected chi connectivity index (χ3v) is 6.08. The number of hydrogen-bond acceptors (Lipinski definition) is 4. The van der Waals surface area contributed by atoms with Crippen LogP contribution in [0.15, 0.2) is 84.0 Å². The molecule has 0 aromatic heterocycles. The van der Waals surface area contributed by atoms with Crippen LogP contribution in [0.5, 0.6) is 5.75 Å². The number of ether oxygens (including phenoxy) is 1. The molecule has 3 aromatic rings. The first-order valence-corrected chi connectivity index (χ1v) is 11.5. The fourth-order valence-corrected chi connectivity index (χ4v) is 4.32. The summed E-state index contributed by atoms with van der Waals surface area (Å²) in [6.07, 6.45) is 0.963. The van der Waals surface area contributed by atoms with Crippen molar-refractivity contribution in [1.29, 1.82) is 0 Å². The summed E-state index contributed by atoms with van der Waals surface area (Å²) in [4.78, 5) is 21.3. The highest BCUT2D eigenvalue weighted by atomic mass is 19.1. The maximum Gasteiger partial charge on any atom is 0.230 e. The largest absolute Gasteiger partial charge is 0.496 e. The Labute approximate surface area is 199 Å². The van der Waals surface area contributed by atoms with Gasteiger partial charge in [-0.25, -0.2) is 4.39 Å². The Morgan fingerprint density at radius 2 is 1.79 bits per heavy atom. The maximum absolute atomic E-state index is 13.7. The highest BCUT2D eigenvalue weighted by Gasteiger charge is 2.31. The zero-order valence-corrected chi connectivity index (χ0v) is 19.5. The van der Waals surface area contributed by atoms with E-state index in [-0.39, 0.29) is 23.7 Å². The molecule has 0 spiro atoms. The van der Waals surface area contributed by atoms with Crippen molar-refractivity contribution in [3.63, 3.8) is 0 Å². The van der Waals surface area contributed by atoms with Crippen molar-refractivity contribution >= 4 is 11.6 Å². The molecule has 0 fully saturated rings. The Balaban J connectivity index is 1.54. The molecule has 1 heterocycles. The summed E-state index contributed by atoms with van der Waals surface area (Å²) in [5, 5.41) is 4.30. The van der Waals surface area contributed by atoms with Crippen molar-refractivity contribution in [2.24, 2.45) is 5.16 Å². The quantitative estimate of drug-likeness (QED) is 0.421. The van der Waals surface area contributed by atoms with E-state index < -0.39 is 0 Å². The van der Waals surface area contributed by atoms with Crippen molar-refractivity contribution < 1.29 is 18.8 Å². The number of benzene rings is 3. The molecule has 5 nitrogen and oxygen atoms in total. The summed E-state index contributed by atoms with van der Waals surface area (Å²) < 4.78 is 18.9. The van der Waals surface area contributed by atoms with E-state index in [1.165, 1.54) is 12.1 Å². The van der Waals surface area contributed by atoms with Gasteiger partial charge in [0.15, 0.2) is 6.10 Å². The topological polar surface area (TPSA) is 51.1 Å². The van der Waals surface area contributed by atoms with Gasteiger partial charge in [0.2, 0.25) is 5.91 Å². The van der Waals surface area contributed by atoms with Crippen molar-refractivity contribution in [2.45, 2.75) is 38.3 Å². The first-order chi connectivity index (χ1) is 16.6. The number of hydrogen-bond donors (Lipinski definition) is 0. The Bertz CT molecular complexity index is 1130. The summed E-state index contributed by atoms with van der Waals surface area (Å²) in [6, 6.07) is 23.8. The zero-order valence-electron chi connectivity index (χ0n) is 19.5. The molecule has 3 aromatic carbocycles. The predicted octanol–water partition coefficient (Wildman–Crippen LogP) is 5.55. The number of amides is 1. The summed E-state index contributed by atoms with van der Waals surface area (Å²) in [6.45, 7) is 2.76. The third-order valence-electron chi connectivity index (χ3n) is 6.08. The summed E-state index contributed by atoms with van der Waals surface area (Å²) in [5.74, 6) is 0.191. The molecule has 0 N–H and O–H groups in total. The van der Waals surface area contributed by atoms with Crippen LogP contribution < -0.4 is 4.74 Å². The minimum Gasteiger partial charge on any atom is -0.496 e. The van der Waals surface area contributed by atoms with E-state index in [0.717, 1.165) is 28.2 Å². The average Bonchev–Trinajstić information content (AvgIpc) is 3.34. The molecule has 176 valence electrons. The van der Waals surface area contributed by atoms with Crippen molar-refractivity contribution in [2.75, 3.05) is 13.7 Å². The monoisotopic (exact) mass is 460 g/mol. The van der Waals surface area contributed by atoms with Crippen LogP contribution in [0.1, 0.15) is 42.4 Å². The molecule has 1 amide bonds. The Kier molecular flexibility index (Phi) is 7.58. The molecule has 6 heteroatoms. The summed E-state index contributed by atoms with van der Waals surface area (Å²) in [5.41, 5.74) is 3.53. The smallest absolute Gasteiger partial charge is 0.230 e. The van der Waals surface area contributed by atoms with Crippen molar-refractivity contribution in [1.82, 2.24) is 4.90 Å². The number of carbonyl (C=O) groups is 1. The van der Waals surface area contributed by atoms with Gasteiger partial charge in [0, 0.05) is 18.5 Å². The Morgan fingerprint density at radius 1 is 1.09 bits per heavy atom. The highest BCUT2D eigenvalue weighted by molar-refractivity contribution is 6.03. The molecule has 0 saturated carbocycles. The van der Waals surface area contributed by atoms with Gasteiger partial charge in [-0.05, 0) is 41.8 Å². The van der Waals surface area contributed by atoms with Crippen LogP contribution >= 0.6 is 0 Å². The van der Waals surface area contributed by atoms with Gasteiger partial charge in [-0.2, -0.15) is 0 Å². The normalized spacial score (nSPS) is 15.9. The van der Waals surface area contributed by atoms with Gasteiger partial charge in [0.05, 0.1) is 25.3 Å². The summed E-state index contributed by atoms with van der Waals surface area (Å²) in [7, 11) is 1.63. The first kappa shape index (κ1) is 23.5. The van der Waals surface area contributed by atoms with E-state index in [1.807, 2.05) is 61.5 Å². The maximum atomic E-state index is 13.7. The molecule has 0 aliphatic carbocycles. The van der Waals surface area contributed by atoms with Crippen LogP contribution in [-0.2, 0) is 16.2 Å². The van der Waals surface area contributed by atoms with Gasteiger partial charge in [-0.15, -0.1) is 0 Å². The van der Waals surface area contributed by atoms with E-state index in [1.54, 1.807) is 24.1 Å². The number of nitrogens with zero attached hydrogens (tertiary/aromatic N) is 2. The van der Waals surface area contributed by atoms with Gasteiger partial charge in [0.1, 0.15) is 11.6 Å². The van der Waals surface area contributed by atoms with E-state index in [0.29, 0.717) is 25.9 Å². The second-order valence-corrected chi connectivity index (χ2v) is 8.39. The predicted molar refractivity (Wildman–Crippen MR) is 130 cm³/mol. The van der Waals surface area contributed by atoms with Gasteiger partial charge in [-0.3, -0.25) is 4.79 Å². The van der Waals surface area contributed by atoms with Gasteiger partial charge in [0.25, 0.3) is 0 Å². The molecule has 2 atom stereocenters. The van der Waals surface area contributed by atoms with Gasteiger partial charge in [-0.1, -0.05) is 66.7 Å². The number of rotatable bonds is 9. The van der Waals surface area contributed by atoms with Crippen LogP contribution in [0.4, 0.5) is 4.39 Å². The molecule has 0 bridgehead atoms. The highest BCUT2D eigenvalue weighted by Crippen LogP contribution is 2.27. The number of para-hydroxylation sites is 1. The van der Waals surface area contributed by atoms with Gasteiger partial charge >= 0.3 is 0 Å². The minimum absolute atomic E-state index is 0.0207. The average molecular weight is 461 g/mol. The lowest BCUT2D eigenvalue weighted by Gasteiger charge is -2.29. The van der Waals surface area contributed by atoms with E-state index in [4.69, 9.17) is 9.57 Å². The molecule has 4 rings (SSSR count). The molecule has 34 heavy (non-hydrogen) atoms. The van der Waals surface area contributed by atoms with Gasteiger partial charge < -0.3 is 14.5 Å². The summed E-state index contributed by atoms with van der Waals surface area (Å²) >= 11 is 0. The van der Waals surface area contributed by atoms with E-state index >= 15 is 0 Å². The Hall–Kier alpha value is -3.67. The molecule has 0 radical (unpaired) electrons. The SMILES string of the molecule is CC[C@@H](C(=O)N(Cc1ccc(F)cc1)C[C@H]1CC(c2ccccc2OC)=NO1)c1ccccc1. The molecule has 1 aliphatic heterocycles. The number of carbonyl (C=O) groups excluding carboxylic acids is 1. The third kappa shape index (κ3) is 5.45. The van der Waals surface area contributed by atoms with Crippen LogP contribution in [0.2, 0.25) is 0 Å².